The first kappa shape index (κ1) is 21.7. The maximum absolute atomic E-state index is 4.86. The maximum atomic E-state index is 4.86. The number of rotatable bonds is 6. The van der Waals surface area contributed by atoms with E-state index in [0.29, 0.717) is 6.04 Å². The number of anilines is 1. The summed E-state index contributed by atoms with van der Waals surface area (Å²) in [4.78, 5) is 16.6. The average Bonchev–Trinajstić information content (AvgIpc) is 2.86. The number of hydrogen-bond acceptors (Lipinski definition) is 5. The lowest BCUT2D eigenvalue weighted by Crippen LogP contribution is -2.38. The Morgan fingerprint density at radius 2 is 1.58 bits per heavy atom. The molecule has 2 aromatic heterocycles. The highest BCUT2D eigenvalue weighted by atomic mass is 79.9. The molecule has 0 saturated carbocycles. The quantitative estimate of drug-likeness (QED) is 0.350. The van der Waals surface area contributed by atoms with Crippen LogP contribution in [0, 0.1) is 0 Å². The van der Waals surface area contributed by atoms with E-state index in [1.54, 1.807) is 6.20 Å². The standard InChI is InChI=1S/C27H26BrN5/c28-23-15-22(17-29-18-23)25-16-26(32-27(31-25)21-9-5-2-6-10-21)30-24-11-13-33(14-12-24)19-20-7-3-1-4-8-20/h1-10,15-18,24H,11-14,19H2,(H,30,31,32). The minimum absolute atomic E-state index is 0.393. The first-order valence-electron chi connectivity index (χ1n) is 11.3. The molecule has 1 aliphatic rings. The van der Waals surface area contributed by atoms with Crippen molar-refractivity contribution >= 4 is 21.7 Å². The predicted molar refractivity (Wildman–Crippen MR) is 137 cm³/mol. The van der Waals surface area contributed by atoms with Crippen LogP contribution >= 0.6 is 15.9 Å². The Kier molecular flexibility index (Phi) is 6.74. The van der Waals surface area contributed by atoms with Crippen molar-refractivity contribution in [1.29, 1.82) is 0 Å². The van der Waals surface area contributed by atoms with Crippen LogP contribution in [0.25, 0.3) is 22.6 Å². The SMILES string of the molecule is Brc1cncc(-c2cc(NC3CCN(Cc4ccccc4)CC3)nc(-c3ccccc3)n2)c1. The van der Waals surface area contributed by atoms with Crippen LogP contribution in [0.2, 0.25) is 0 Å². The van der Waals surface area contributed by atoms with Gasteiger partial charge in [-0.05, 0) is 40.4 Å². The van der Waals surface area contributed by atoms with Crippen LogP contribution in [-0.4, -0.2) is 39.0 Å². The monoisotopic (exact) mass is 499 g/mol. The van der Waals surface area contributed by atoms with Crippen LogP contribution in [-0.2, 0) is 6.54 Å². The Bertz CT molecular complexity index is 1190. The Morgan fingerprint density at radius 1 is 0.848 bits per heavy atom. The highest BCUT2D eigenvalue weighted by molar-refractivity contribution is 9.10. The van der Waals surface area contributed by atoms with E-state index in [4.69, 9.17) is 9.97 Å². The second-order valence-corrected chi connectivity index (χ2v) is 9.32. The number of piperidine rings is 1. The van der Waals surface area contributed by atoms with Gasteiger partial charge >= 0.3 is 0 Å². The Balaban J connectivity index is 1.34. The zero-order valence-electron chi connectivity index (χ0n) is 18.4. The molecule has 0 unspecified atom stereocenters. The maximum Gasteiger partial charge on any atom is 0.162 e. The number of hydrogen-bond donors (Lipinski definition) is 1. The summed E-state index contributed by atoms with van der Waals surface area (Å²) in [6.45, 7) is 3.16. The third-order valence-electron chi connectivity index (χ3n) is 5.95. The highest BCUT2D eigenvalue weighted by Crippen LogP contribution is 2.27. The van der Waals surface area contributed by atoms with Crippen LogP contribution in [0.1, 0.15) is 18.4 Å². The molecule has 2 aromatic carbocycles. The minimum atomic E-state index is 0.393. The zero-order chi connectivity index (χ0) is 22.5. The van der Waals surface area contributed by atoms with Crippen molar-refractivity contribution in [2.75, 3.05) is 18.4 Å². The van der Waals surface area contributed by atoms with Gasteiger partial charge in [-0.2, -0.15) is 0 Å². The highest BCUT2D eigenvalue weighted by Gasteiger charge is 2.20. The van der Waals surface area contributed by atoms with Gasteiger partial charge in [0.1, 0.15) is 5.82 Å². The Hall–Kier alpha value is -3.09. The van der Waals surface area contributed by atoms with Crippen LogP contribution < -0.4 is 5.32 Å². The minimum Gasteiger partial charge on any atom is -0.367 e. The van der Waals surface area contributed by atoms with Gasteiger partial charge in [-0.15, -0.1) is 0 Å². The summed E-state index contributed by atoms with van der Waals surface area (Å²) in [5.74, 6) is 1.58. The molecule has 0 amide bonds. The van der Waals surface area contributed by atoms with Crippen molar-refractivity contribution in [3.63, 3.8) is 0 Å². The van der Waals surface area contributed by atoms with Gasteiger partial charge < -0.3 is 5.32 Å². The van der Waals surface area contributed by atoms with Gasteiger partial charge in [0.25, 0.3) is 0 Å². The summed E-state index contributed by atoms with van der Waals surface area (Å²) in [7, 11) is 0. The number of aromatic nitrogens is 3. The number of likely N-dealkylation sites (tertiary alicyclic amines) is 1. The Labute approximate surface area is 203 Å². The van der Waals surface area contributed by atoms with E-state index in [0.717, 1.165) is 65.4 Å². The zero-order valence-corrected chi connectivity index (χ0v) is 19.9. The van der Waals surface area contributed by atoms with Crippen LogP contribution in [0.3, 0.4) is 0 Å². The average molecular weight is 500 g/mol. The van der Waals surface area contributed by atoms with E-state index in [2.05, 4.69) is 61.5 Å². The third kappa shape index (κ3) is 5.64. The number of halogens is 1. The lowest BCUT2D eigenvalue weighted by atomic mass is 10.0. The van der Waals surface area contributed by atoms with Gasteiger partial charge in [0.15, 0.2) is 5.82 Å². The number of pyridine rings is 1. The second-order valence-electron chi connectivity index (χ2n) is 8.40. The van der Waals surface area contributed by atoms with Crippen molar-refractivity contribution in [3.05, 3.63) is 95.2 Å². The van der Waals surface area contributed by atoms with Crippen molar-refractivity contribution in [2.24, 2.45) is 0 Å². The number of benzene rings is 2. The molecule has 0 aliphatic carbocycles. The molecule has 1 aliphatic heterocycles. The molecular weight excluding hydrogens is 474 g/mol. The van der Waals surface area contributed by atoms with Crippen molar-refractivity contribution in [3.8, 4) is 22.6 Å². The molecule has 33 heavy (non-hydrogen) atoms. The molecular formula is C27H26BrN5. The van der Waals surface area contributed by atoms with E-state index >= 15 is 0 Å². The summed E-state index contributed by atoms with van der Waals surface area (Å²) in [6.07, 6.45) is 5.80. The van der Waals surface area contributed by atoms with Crippen LogP contribution in [0.4, 0.5) is 5.82 Å². The summed E-state index contributed by atoms with van der Waals surface area (Å²) < 4.78 is 0.931. The topological polar surface area (TPSA) is 53.9 Å². The smallest absolute Gasteiger partial charge is 0.162 e. The lowest BCUT2D eigenvalue weighted by molar-refractivity contribution is 0.211. The largest absolute Gasteiger partial charge is 0.367 e. The van der Waals surface area contributed by atoms with Gasteiger partial charge in [-0.1, -0.05) is 60.7 Å². The van der Waals surface area contributed by atoms with Crippen LogP contribution in [0.5, 0.6) is 0 Å². The molecule has 5 rings (SSSR count). The van der Waals surface area contributed by atoms with Crippen LogP contribution in [0.15, 0.2) is 89.7 Å². The van der Waals surface area contributed by atoms with E-state index in [9.17, 15) is 0 Å². The molecule has 1 N–H and O–H groups in total. The molecule has 4 aromatic rings. The second kappa shape index (κ2) is 10.2. The first-order chi connectivity index (χ1) is 16.2. The molecule has 0 atom stereocenters. The van der Waals surface area contributed by atoms with Crippen molar-refractivity contribution in [2.45, 2.75) is 25.4 Å². The number of nitrogens with zero attached hydrogens (tertiary/aromatic N) is 4. The molecule has 1 saturated heterocycles. The Morgan fingerprint density at radius 3 is 2.30 bits per heavy atom. The number of nitrogens with one attached hydrogen (secondary N) is 1. The van der Waals surface area contributed by atoms with Gasteiger partial charge in [0, 0.05) is 59.7 Å². The normalized spacial score (nSPS) is 14.8. The van der Waals surface area contributed by atoms with Gasteiger partial charge in [-0.3, -0.25) is 9.88 Å². The first-order valence-corrected chi connectivity index (χ1v) is 12.1. The van der Waals surface area contributed by atoms with E-state index < -0.39 is 0 Å². The molecule has 3 heterocycles. The molecule has 0 radical (unpaired) electrons. The van der Waals surface area contributed by atoms with Crippen molar-refractivity contribution < 1.29 is 0 Å². The molecule has 0 spiro atoms. The van der Waals surface area contributed by atoms with E-state index in [1.807, 2.05) is 48.7 Å². The summed E-state index contributed by atoms with van der Waals surface area (Å²) in [6, 6.07) is 25.3. The summed E-state index contributed by atoms with van der Waals surface area (Å²) in [5, 5.41) is 3.69. The molecule has 166 valence electrons. The molecule has 1 fully saturated rings. The van der Waals surface area contributed by atoms with E-state index in [1.165, 1.54) is 5.56 Å². The third-order valence-corrected chi connectivity index (χ3v) is 6.38. The van der Waals surface area contributed by atoms with Gasteiger partial charge in [0.2, 0.25) is 0 Å². The molecule has 5 nitrogen and oxygen atoms in total. The molecule has 0 bridgehead atoms. The summed E-state index contributed by atoms with van der Waals surface area (Å²) in [5.41, 5.74) is 4.20. The van der Waals surface area contributed by atoms with Gasteiger partial charge in [0.05, 0.1) is 5.69 Å². The van der Waals surface area contributed by atoms with Gasteiger partial charge in [-0.25, -0.2) is 9.97 Å². The molecule has 6 heteroatoms. The fourth-order valence-electron chi connectivity index (χ4n) is 4.22. The predicted octanol–water partition coefficient (Wildman–Crippen LogP) is 6.04. The fourth-order valence-corrected chi connectivity index (χ4v) is 4.59. The summed E-state index contributed by atoms with van der Waals surface area (Å²) >= 11 is 3.52. The lowest BCUT2D eigenvalue weighted by Gasteiger charge is -2.32. The fraction of sp³-hybridized carbons (Fsp3) is 0.222. The van der Waals surface area contributed by atoms with Crippen molar-refractivity contribution in [1.82, 2.24) is 19.9 Å². The van der Waals surface area contributed by atoms with E-state index in [-0.39, 0.29) is 0 Å².